The minimum absolute atomic E-state index is 0.180. The summed E-state index contributed by atoms with van der Waals surface area (Å²) in [5.74, 6) is -0.420. The second kappa shape index (κ2) is 7.27. The van der Waals surface area contributed by atoms with Gasteiger partial charge in [-0.25, -0.2) is 9.63 Å². The Balaban J connectivity index is 2.16. The first-order valence-electron chi connectivity index (χ1n) is 7.14. The molecule has 0 atom stereocenters. The fourth-order valence-corrected chi connectivity index (χ4v) is 3.22. The molecule has 0 unspecified atom stereocenters. The van der Waals surface area contributed by atoms with Crippen LogP contribution in [0.15, 0.2) is 52.5 Å². The van der Waals surface area contributed by atoms with E-state index in [1.54, 1.807) is 50.2 Å². The first kappa shape index (κ1) is 17.7. The second-order valence-electron chi connectivity index (χ2n) is 5.18. The molecule has 0 amide bonds. The number of sulfonamides is 1. The highest BCUT2D eigenvalue weighted by molar-refractivity contribution is 7.89. The number of carbonyl (C=O) groups excluding carboxylic acids is 1. The smallest absolute Gasteiger partial charge is 0.338 e. The summed E-state index contributed by atoms with van der Waals surface area (Å²) < 4.78 is 29.1. The molecular formula is C17H18N2O4S. The molecule has 0 aliphatic carbocycles. The maximum absolute atomic E-state index is 12.2. The van der Waals surface area contributed by atoms with Crippen molar-refractivity contribution in [3.8, 4) is 0 Å². The Morgan fingerprint density at radius 3 is 2.46 bits per heavy atom. The number of hydrazone groups is 1. The molecule has 0 radical (unpaired) electrons. The van der Waals surface area contributed by atoms with Gasteiger partial charge in [-0.1, -0.05) is 24.3 Å². The van der Waals surface area contributed by atoms with Gasteiger partial charge in [0.05, 0.1) is 23.8 Å². The van der Waals surface area contributed by atoms with E-state index < -0.39 is 16.0 Å². The molecule has 126 valence electrons. The van der Waals surface area contributed by atoms with Gasteiger partial charge in [0.25, 0.3) is 10.0 Å². The van der Waals surface area contributed by atoms with Crippen LogP contribution in [0.4, 0.5) is 0 Å². The molecule has 0 aliphatic heterocycles. The number of rotatable bonds is 5. The highest BCUT2D eigenvalue weighted by atomic mass is 32.2. The number of nitrogens with zero attached hydrogens (tertiary/aromatic N) is 1. The molecule has 0 aliphatic rings. The van der Waals surface area contributed by atoms with Crippen LogP contribution in [0, 0.1) is 13.8 Å². The molecule has 1 N–H and O–H groups in total. The normalized spacial score (nSPS) is 11.5. The van der Waals surface area contributed by atoms with E-state index in [-0.39, 0.29) is 4.90 Å². The first-order chi connectivity index (χ1) is 11.3. The summed E-state index contributed by atoms with van der Waals surface area (Å²) in [5.41, 5.74) is 2.47. The minimum Gasteiger partial charge on any atom is -0.465 e. The summed E-state index contributed by atoms with van der Waals surface area (Å²) in [6.45, 7) is 3.48. The number of benzene rings is 2. The Kier molecular flexibility index (Phi) is 5.35. The third-order valence-electron chi connectivity index (χ3n) is 3.43. The van der Waals surface area contributed by atoms with Crippen LogP contribution in [0.25, 0.3) is 0 Å². The molecule has 7 heteroatoms. The van der Waals surface area contributed by atoms with E-state index in [9.17, 15) is 13.2 Å². The van der Waals surface area contributed by atoms with Gasteiger partial charge in [-0.3, -0.25) is 0 Å². The van der Waals surface area contributed by atoms with Gasteiger partial charge in [-0.05, 0) is 48.7 Å². The molecule has 0 saturated heterocycles. The van der Waals surface area contributed by atoms with E-state index in [1.807, 2.05) is 0 Å². The van der Waals surface area contributed by atoms with Crippen LogP contribution in [-0.4, -0.2) is 27.7 Å². The Morgan fingerprint density at radius 2 is 1.83 bits per heavy atom. The van der Waals surface area contributed by atoms with Gasteiger partial charge in [-0.15, -0.1) is 0 Å². The van der Waals surface area contributed by atoms with E-state index >= 15 is 0 Å². The highest BCUT2D eigenvalue weighted by Gasteiger charge is 2.14. The lowest BCUT2D eigenvalue weighted by Crippen LogP contribution is -2.19. The standard InChI is InChI=1S/C17H18N2O4S/c1-12-6-4-5-7-16(12)24(21,22)19-18-11-14-8-9-15(13(2)10-14)17(20)23-3/h4-11,19H,1-3H3. The van der Waals surface area contributed by atoms with Crippen molar-refractivity contribution in [1.29, 1.82) is 0 Å². The Bertz CT molecular complexity index is 889. The summed E-state index contributed by atoms with van der Waals surface area (Å²) in [4.78, 5) is 13.9. The molecule has 2 aromatic carbocycles. The number of methoxy groups -OCH3 is 1. The zero-order chi connectivity index (χ0) is 17.7. The number of nitrogens with one attached hydrogen (secondary N) is 1. The maximum atomic E-state index is 12.2. The van der Waals surface area contributed by atoms with Crippen molar-refractivity contribution in [2.24, 2.45) is 5.10 Å². The molecule has 0 fully saturated rings. The summed E-state index contributed by atoms with van der Waals surface area (Å²) >= 11 is 0. The molecule has 24 heavy (non-hydrogen) atoms. The average Bonchev–Trinajstić information content (AvgIpc) is 2.54. The number of esters is 1. The maximum Gasteiger partial charge on any atom is 0.338 e. The van der Waals surface area contributed by atoms with Gasteiger partial charge >= 0.3 is 5.97 Å². The van der Waals surface area contributed by atoms with Crippen molar-refractivity contribution in [1.82, 2.24) is 4.83 Å². The molecule has 0 heterocycles. The monoisotopic (exact) mass is 346 g/mol. The second-order valence-corrected chi connectivity index (χ2v) is 6.81. The molecule has 6 nitrogen and oxygen atoms in total. The summed E-state index contributed by atoms with van der Waals surface area (Å²) in [5, 5.41) is 3.79. The van der Waals surface area contributed by atoms with E-state index in [1.165, 1.54) is 19.4 Å². The number of hydrogen-bond donors (Lipinski definition) is 1. The van der Waals surface area contributed by atoms with E-state index in [0.29, 0.717) is 22.3 Å². The van der Waals surface area contributed by atoms with Gasteiger partial charge in [0.1, 0.15) is 0 Å². The molecule has 0 saturated carbocycles. The number of carbonyl (C=O) groups is 1. The van der Waals surface area contributed by atoms with E-state index in [4.69, 9.17) is 0 Å². The fraction of sp³-hybridized carbons (Fsp3) is 0.176. The molecule has 2 rings (SSSR count). The predicted octanol–water partition coefficient (Wildman–Crippen LogP) is 2.40. The van der Waals surface area contributed by atoms with Crippen molar-refractivity contribution in [2.75, 3.05) is 7.11 Å². The van der Waals surface area contributed by atoms with Crippen molar-refractivity contribution in [3.05, 3.63) is 64.7 Å². The van der Waals surface area contributed by atoms with Gasteiger partial charge in [0.2, 0.25) is 0 Å². The number of ether oxygens (including phenoxy) is 1. The Labute approximate surface area is 141 Å². The molecule has 0 spiro atoms. The SMILES string of the molecule is COC(=O)c1ccc(C=NNS(=O)(=O)c2ccccc2C)cc1C. The lowest BCUT2D eigenvalue weighted by molar-refractivity contribution is 0.0600. The Hall–Kier alpha value is -2.67. The molecule has 0 bridgehead atoms. The van der Waals surface area contributed by atoms with Crippen LogP contribution in [0.1, 0.15) is 27.0 Å². The average molecular weight is 346 g/mol. The summed E-state index contributed by atoms with van der Waals surface area (Å²) in [7, 11) is -2.40. The largest absolute Gasteiger partial charge is 0.465 e. The lowest BCUT2D eigenvalue weighted by Gasteiger charge is -2.06. The van der Waals surface area contributed by atoms with Crippen LogP contribution >= 0.6 is 0 Å². The zero-order valence-electron chi connectivity index (χ0n) is 13.6. The summed E-state index contributed by atoms with van der Waals surface area (Å²) in [6.07, 6.45) is 1.38. The zero-order valence-corrected chi connectivity index (χ0v) is 14.4. The highest BCUT2D eigenvalue weighted by Crippen LogP contribution is 2.14. The van der Waals surface area contributed by atoms with Crippen molar-refractivity contribution >= 4 is 22.2 Å². The molecular weight excluding hydrogens is 328 g/mol. The minimum atomic E-state index is -3.72. The van der Waals surface area contributed by atoms with E-state index in [0.717, 1.165) is 0 Å². The first-order valence-corrected chi connectivity index (χ1v) is 8.63. The van der Waals surface area contributed by atoms with Crippen molar-refractivity contribution < 1.29 is 17.9 Å². The topological polar surface area (TPSA) is 84.8 Å². The predicted molar refractivity (Wildman–Crippen MR) is 91.6 cm³/mol. The van der Waals surface area contributed by atoms with Crippen LogP contribution in [0.2, 0.25) is 0 Å². The Morgan fingerprint density at radius 1 is 1.12 bits per heavy atom. The van der Waals surface area contributed by atoms with Crippen LogP contribution in [0.5, 0.6) is 0 Å². The third kappa shape index (κ3) is 3.99. The third-order valence-corrected chi connectivity index (χ3v) is 4.81. The van der Waals surface area contributed by atoms with Gasteiger partial charge < -0.3 is 4.74 Å². The van der Waals surface area contributed by atoms with Crippen LogP contribution in [-0.2, 0) is 14.8 Å². The number of hydrogen-bond acceptors (Lipinski definition) is 5. The van der Waals surface area contributed by atoms with Crippen LogP contribution in [0.3, 0.4) is 0 Å². The quantitative estimate of drug-likeness (QED) is 0.512. The van der Waals surface area contributed by atoms with Crippen molar-refractivity contribution in [2.45, 2.75) is 18.7 Å². The summed E-state index contributed by atoms with van der Waals surface area (Å²) in [6, 6.07) is 11.6. The fourth-order valence-electron chi connectivity index (χ4n) is 2.18. The van der Waals surface area contributed by atoms with Crippen LogP contribution < -0.4 is 4.83 Å². The number of aryl methyl sites for hydroxylation is 2. The van der Waals surface area contributed by atoms with Crippen molar-refractivity contribution in [3.63, 3.8) is 0 Å². The molecule has 0 aromatic heterocycles. The molecule has 2 aromatic rings. The van der Waals surface area contributed by atoms with Gasteiger partial charge in [-0.2, -0.15) is 13.5 Å². The van der Waals surface area contributed by atoms with Gasteiger partial charge in [0, 0.05) is 0 Å². The van der Waals surface area contributed by atoms with Gasteiger partial charge in [0.15, 0.2) is 0 Å². The lowest BCUT2D eigenvalue weighted by atomic mass is 10.1. The van der Waals surface area contributed by atoms with E-state index in [2.05, 4.69) is 14.7 Å².